The van der Waals surface area contributed by atoms with Crippen LogP contribution in [0.3, 0.4) is 0 Å². The predicted molar refractivity (Wildman–Crippen MR) is 125 cm³/mol. The van der Waals surface area contributed by atoms with E-state index >= 15 is 0 Å². The molecule has 158 valence electrons. The number of para-hydroxylation sites is 1. The summed E-state index contributed by atoms with van der Waals surface area (Å²) in [5, 5.41) is 4.79. The van der Waals surface area contributed by atoms with E-state index in [0.717, 1.165) is 16.9 Å². The summed E-state index contributed by atoms with van der Waals surface area (Å²) in [6.45, 7) is 0.881. The molecular weight excluding hydrogens is 430 g/mol. The van der Waals surface area contributed by atoms with Crippen molar-refractivity contribution in [1.82, 2.24) is 14.7 Å². The normalized spacial score (nSPS) is 10.8. The van der Waals surface area contributed by atoms with Crippen LogP contribution >= 0.6 is 23.1 Å². The van der Waals surface area contributed by atoms with Crippen molar-refractivity contribution in [3.8, 4) is 5.75 Å². The topological polar surface area (TPSA) is 72.7 Å². The van der Waals surface area contributed by atoms with Gasteiger partial charge < -0.3 is 10.1 Å². The molecule has 0 bridgehead atoms. The van der Waals surface area contributed by atoms with Crippen molar-refractivity contribution in [3.63, 3.8) is 0 Å². The highest BCUT2D eigenvalue weighted by Gasteiger charge is 2.08. The molecular formula is C23H21N3O3S2. The first-order valence-corrected chi connectivity index (χ1v) is 11.8. The van der Waals surface area contributed by atoms with Crippen LogP contribution in [-0.2, 0) is 23.7 Å². The number of hydrogen-bond donors (Lipinski definition) is 1. The summed E-state index contributed by atoms with van der Waals surface area (Å²) in [5.74, 6) is 1.57. The molecule has 0 saturated heterocycles. The number of hydrogen-bond acceptors (Lipinski definition) is 6. The van der Waals surface area contributed by atoms with Crippen LogP contribution in [0.5, 0.6) is 5.75 Å². The summed E-state index contributed by atoms with van der Waals surface area (Å²) in [6, 6.07) is 19.1. The van der Waals surface area contributed by atoms with Crippen molar-refractivity contribution in [2.24, 2.45) is 0 Å². The number of nitrogens with zero attached hydrogens (tertiary/aromatic N) is 2. The van der Waals surface area contributed by atoms with Crippen LogP contribution in [0.1, 0.15) is 16.8 Å². The maximum Gasteiger partial charge on any atom is 0.258 e. The summed E-state index contributed by atoms with van der Waals surface area (Å²) in [7, 11) is 0. The van der Waals surface area contributed by atoms with Gasteiger partial charge in [-0.3, -0.25) is 14.0 Å². The molecule has 0 atom stereocenters. The Morgan fingerprint density at radius 3 is 2.71 bits per heavy atom. The highest BCUT2D eigenvalue weighted by atomic mass is 32.2. The van der Waals surface area contributed by atoms with Gasteiger partial charge in [-0.15, -0.1) is 23.1 Å². The van der Waals surface area contributed by atoms with E-state index in [-0.39, 0.29) is 11.5 Å². The molecule has 4 aromatic rings. The van der Waals surface area contributed by atoms with E-state index in [1.54, 1.807) is 6.20 Å². The monoisotopic (exact) mass is 451 g/mol. The number of benzene rings is 2. The van der Waals surface area contributed by atoms with Crippen molar-refractivity contribution in [2.75, 3.05) is 5.75 Å². The molecule has 0 spiro atoms. The fourth-order valence-electron chi connectivity index (χ4n) is 3.00. The van der Waals surface area contributed by atoms with Gasteiger partial charge in [-0.05, 0) is 23.3 Å². The average molecular weight is 452 g/mol. The number of amides is 1. The van der Waals surface area contributed by atoms with Crippen LogP contribution in [-0.4, -0.2) is 21.0 Å². The predicted octanol–water partition coefficient (Wildman–Crippen LogP) is 3.88. The third-order valence-corrected chi connectivity index (χ3v) is 6.29. The lowest BCUT2D eigenvalue weighted by molar-refractivity contribution is -0.118. The molecule has 2 aromatic heterocycles. The average Bonchev–Trinajstić information content (AvgIpc) is 3.27. The number of ether oxygens (including phenoxy) is 1. The molecule has 0 radical (unpaired) electrons. The van der Waals surface area contributed by atoms with Crippen LogP contribution in [0.15, 0.2) is 77.0 Å². The number of carbonyl (C=O) groups excluding carboxylic acids is 1. The zero-order valence-electron chi connectivity index (χ0n) is 16.7. The van der Waals surface area contributed by atoms with Crippen LogP contribution in [0.25, 0.3) is 4.96 Å². The molecule has 1 N–H and O–H groups in total. The van der Waals surface area contributed by atoms with Gasteiger partial charge in [0.25, 0.3) is 5.56 Å². The Morgan fingerprint density at radius 1 is 1.10 bits per heavy atom. The molecule has 8 heteroatoms. The van der Waals surface area contributed by atoms with Gasteiger partial charge in [0.2, 0.25) is 5.91 Å². The molecule has 31 heavy (non-hydrogen) atoms. The second-order valence-electron chi connectivity index (χ2n) is 6.78. The van der Waals surface area contributed by atoms with E-state index in [9.17, 15) is 9.59 Å². The first-order valence-electron chi connectivity index (χ1n) is 9.74. The van der Waals surface area contributed by atoms with Gasteiger partial charge >= 0.3 is 0 Å². The van der Waals surface area contributed by atoms with Crippen molar-refractivity contribution in [3.05, 3.63) is 99.4 Å². The van der Waals surface area contributed by atoms with Gasteiger partial charge in [0, 0.05) is 29.9 Å². The number of thiazole rings is 1. The quantitative estimate of drug-likeness (QED) is 0.418. The smallest absolute Gasteiger partial charge is 0.258 e. The fraction of sp³-hybridized carbons (Fsp3) is 0.174. The Bertz CT molecular complexity index is 1220. The standard InChI is InChI=1S/C23H21N3O3S2/c27-21(16-30-15-19-12-22(28)26-10-11-31-23(26)25-19)24-13-17-6-4-5-7-18(17)14-29-20-8-2-1-3-9-20/h1-12H,13-16H2,(H,24,27). The first-order chi connectivity index (χ1) is 15.2. The van der Waals surface area contributed by atoms with Crippen molar-refractivity contribution in [2.45, 2.75) is 18.9 Å². The molecule has 0 unspecified atom stereocenters. The minimum atomic E-state index is -0.0966. The second-order valence-corrected chi connectivity index (χ2v) is 8.64. The lowest BCUT2D eigenvalue weighted by Crippen LogP contribution is -2.25. The SMILES string of the molecule is O=C(CSCc1cc(=O)n2ccsc2n1)NCc1ccccc1COc1ccccc1. The van der Waals surface area contributed by atoms with Crippen LogP contribution in [0.4, 0.5) is 0 Å². The minimum Gasteiger partial charge on any atom is -0.489 e. The van der Waals surface area contributed by atoms with E-state index in [1.807, 2.05) is 60.0 Å². The molecule has 0 aliphatic heterocycles. The summed E-state index contributed by atoms with van der Waals surface area (Å²) >= 11 is 2.86. The molecule has 0 aliphatic carbocycles. The Hall–Kier alpha value is -3.10. The Labute approximate surface area is 187 Å². The molecule has 2 heterocycles. The zero-order chi connectivity index (χ0) is 21.5. The largest absolute Gasteiger partial charge is 0.489 e. The van der Waals surface area contributed by atoms with Gasteiger partial charge in [0.15, 0.2) is 4.96 Å². The first kappa shape index (κ1) is 21.1. The third-order valence-electron chi connectivity index (χ3n) is 4.57. The Kier molecular flexibility index (Phi) is 7.01. The van der Waals surface area contributed by atoms with Gasteiger partial charge in [0.1, 0.15) is 12.4 Å². The number of thioether (sulfide) groups is 1. The number of aromatic nitrogens is 2. The maximum atomic E-state index is 12.3. The lowest BCUT2D eigenvalue weighted by Gasteiger charge is -2.12. The number of carbonyl (C=O) groups is 1. The number of fused-ring (bicyclic) bond motifs is 1. The van der Waals surface area contributed by atoms with Gasteiger partial charge in [-0.1, -0.05) is 42.5 Å². The fourth-order valence-corrected chi connectivity index (χ4v) is 4.49. The van der Waals surface area contributed by atoms with Gasteiger partial charge in [-0.2, -0.15) is 0 Å². The van der Waals surface area contributed by atoms with E-state index in [2.05, 4.69) is 10.3 Å². The zero-order valence-corrected chi connectivity index (χ0v) is 18.3. The number of nitrogens with one attached hydrogen (secondary N) is 1. The maximum absolute atomic E-state index is 12.3. The van der Waals surface area contributed by atoms with Crippen molar-refractivity contribution in [1.29, 1.82) is 0 Å². The molecule has 0 aliphatic rings. The van der Waals surface area contributed by atoms with Gasteiger partial charge in [0.05, 0.1) is 11.4 Å². The third kappa shape index (κ3) is 5.74. The Morgan fingerprint density at radius 2 is 1.87 bits per heavy atom. The summed E-state index contributed by atoms with van der Waals surface area (Å²) in [5.41, 5.74) is 2.65. The van der Waals surface area contributed by atoms with E-state index < -0.39 is 0 Å². The minimum absolute atomic E-state index is 0.0577. The van der Waals surface area contributed by atoms with Crippen molar-refractivity contribution < 1.29 is 9.53 Å². The number of rotatable bonds is 9. The Balaban J connectivity index is 1.26. The molecule has 0 fully saturated rings. The summed E-state index contributed by atoms with van der Waals surface area (Å²) in [4.78, 5) is 29.4. The molecule has 2 aromatic carbocycles. The van der Waals surface area contributed by atoms with Crippen LogP contribution in [0.2, 0.25) is 0 Å². The van der Waals surface area contributed by atoms with E-state index in [4.69, 9.17) is 4.74 Å². The summed E-state index contributed by atoms with van der Waals surface area (Å²) < 4.78 is 7.36. The van der Waals surface area contributed by atoms with Crippen molar-refractivity contribution >= 4 is 34.0 Å². The molecule has 4 rings (SSSR count). The van der Waals surface area contributed by atoms with Crippen LogP contribution < -0.4 is 15.6 Å². The molecule has 6 nitrogen and oxygen atoms in total. The second kappa shape index (κ2) is 10.3. The highest BCUT2D eigenvalue weighted by Crippen LogP contribution is 2.15. The van der Waals surface area contributed by atoms with Gasteiger partial charge in [-0.25, -0.2) is 4.98 Å². The molecule has 1 amide bonds. The van der Waals surface area contributed by atoms with Crippen LogP contribution in [0, 0.1) is 0 Å². The lowest BCUT2D eigenvalue weighted by atomic mass is 10.1. The summed E-state index contributed by atoms with van der Waals surface area (Å²) in [6.07, 6.45) is 1.71. The van der Waals surface area contributed by atoms with E-state index in [0.29, 0.717) is 35.3 Å². The van der Waals surface area contributed by atoms with E-state index in [1.165, 1.54) is 33.6 Å². The highest BCUT2D eigenvalue weighted by molar-refractivity contribution is 7.99. The molecule has 0 saturated carbocycles.